The second kappa shape index (κ2) is 4.68. The first-order valence-corrected chi connectivity index (χ1v) is 8.15. The summed E-state index contributed by atoms with van der Waals surface area (Å²) in [5.41, 5.74) is 8.21. The van der Waals surface area contributed by atoms with E-state index in [0.29, 0.717) is 25.3 Å². The first-order valence-electron chi connectivity index (χ1n) is 6.75. The Morgan fingerprint density at radius 1 is 1.05 bits per heavy atom. The molecular weight excluding hydrogens is 262 g/mol. The van der Waals surface area contributed by atoms with Gasteiger partial charge < -0.3 is 5.73 Å². The van der Waals surface area contributed by atoms with Gasteiger partial charge in [0.2, 0.25) is 0 Å². The van der Waals surface area contributed by atoms with E-state index in [9.17, 15) is 8.42 Å². The van der Waals surface area contributed by atoms with Crippen LogP contribution < -0.4 is 10.0 Å². The van der Waals surface area contributed by atoms with Crippen molar-refractivity contribution in [3.63, 3.8) is 0 Å². The maximum absolute atomic E-state index is 12.7. The van der Waals surface area contributed by atoms with Crippen LogP contribution in [0.15, 0.2) is 18.2 Å². The molecule has 0 saturated carbocycles. The van der Waals surface area contributed by atoms with Gasteiger partial charge in [0.1, 0.15) is 0 Å². The molecule has 6 heteroatoms. The van der Waals surface area contributed by atoms with Crippen LogP contribution in [0.25, 0.3) is 0 Å². The normalized spacial score (nSPS) is 20.5. The molecule has 0 unspecified atom stereocenters. The number of fused-ring (bicyclic) bond motifs is 1. The number of nitrogen functional groups attached to an aromatic ring is 1. The van der Waals surface area contributed by atoms with E-state index in [-0.39, 0.29) is 0 Å². The lowest BCUT2D eigenvalue weighted by molar-refractivity contribution is 0.345. The Bertz CT molecular complexity index is 580. The van der Waals surface area contributed by atoms with Crippen molar-refractivity contribution in [2.24, 2.45) is 0 Å². The zero-order chi connectivity index (χ0) is 13.5. The summed E-state index contributed by atoms with van der Waals surface area (Å²) in [5, 5.41) is 0. The number of nitrogens with zero attached hydrogens (tertiary/aromatic N) is 2. The van der Waals surface area contributed by atoms with Crippen LogP contribution in [0, 0.1) is 0 Å². The maximum Gasteiger partial charge on any atom is 0.304 e. The van der Waals surface area contributed by atoms with Crippen LogP contribution in [0.4, 0.5) is 11.4 Å². The number of piperidine rings is 1. The minimum atomic E-state index is -3.38. The van der Waals surface area contributed by atoms with Crippen molar-refractivity contribution >= 4 is 21.6 Å². The molecule has 2 aliphatic rings. The van der Waals surface area contributed by atoms with Gasteiger partial charge in [0.15, 0.2) is 0 Å². The molecule has 1 aromatic carbocycles. The van der Waals surface area contributed by atoms with Gasteiger partial charge in [-0.05, 0) is 37.0 Å². The van der Waals surface area contributed by atoms with Crippen LogP contribution in [0.1, 0.15) is 24.8 Å². The highest BCUT2D eigenvalue weighted by molar-refractivity contribution is 7.90. The average molecular weight is 281 g/mol. The largest absolute Gasteiger partial charge is 0.399 e. The van der Waals surface area contributed by atoms with Crippen molar-refractivity contribution in [3.05, 3.63) is 23.8 Å². The Labute approximate surface area is 114 Å². The number of benzene rings is 1. The molecule has 0 aliphatic carbocycles. The number of anilines is 2. The van der Waals surface area contributed by atoms with E-state index < -0.39 is 10.2 Å². The van der Waals surface area contributed by atoms with E-state index in [1.165, 1.54) is 4.31 Å². The summed E-state index contributed by atoms with van der Waals surface area (Å²) < 4.78 is 28.5. The predicted octanol–water partition coefficient (Wildman–Crippen LogP) is 1.36. The van der Waals surface area contributed by atoms with Crippen molar-refractivity contribution in [1.29, 1.82) is 0 Å². The molecular formula is C13H19N3O2S. The molecule has 5 nitrogen and oxygen atoms in total. The fraction of sp³-hybridized carbons (Fsp3) is 0.538. The summed E-state index contributed by atoms with van der Waals surface area (Å²) in [6.07, 6.45) is 3.80. The zero-order valence-corrected chi connectivity index (χ0v) is 11.7. The number of rotatable bonds is 2. The summed E-state index contributed by atoms with van der Waals surface area (Å²) in [7, 11) is -3.38. The summed E-state index contributed by atoms with van der Waals surface area (Å²) in [6, 6.07) is 5.52. The summed E-state index contributed by atoms with van der Waals surface area (Å²) in [4.78, 5) is 0. The second-order valence-electron chi connectivity index (χ2n) is 5.18. The molecule has 0 spiro atoms. The molecule has 0 amide bonds. The van der Waals surface area contributed by atoms with Gasteiger partial charge in [-0.2, -0.15) is 12.7 Å². The van der Waals surface area contributed by atoms with Gasteiger partial charge in [-0.15, -0.1) is 0 Å². The van der Waals surface area contributed by atoms with Gasteiger partial charge in [0.05, 0.1) is 5.69 Å². The minimum absolute atomic E-state index is 0.525. The standard InChI is InChI=1S/C13H19N3O2S/c14-12-5-4-11-6-9-16(13(11)10-12)19(17,18)15-7-2-1-3-8-15/h4-5,10H,1-3,6-9,14H2. The third-order valence-electron chi connectivity index (χ3n) is 3.88. The zero-order valence-electron chi connectivity index (χ0n) is 10.9. The quantitative estimate of drug-likeness (QED) is 0.832. The van der Waals surface area contributed by atoms with Crippen LogP contribution in [0.2, 0.25) is 0 Å². The first-order chi connectivity index (χ1) is 9.09. The van der Waals surface area contributed by atoms with E-state index in [1.54, 1.807) is 10.4 Å². The molecule has 0 atom stereocenters. The Morgan fingerprint density at radius 2 is 1.79 bits per heavy atom. The van der Waals surface area contributed by atoms with Crippen molar-refractivity contribution in [1.82, 2.24) is 4.31 Å². The topological polar surface area (TPSA) is 66.6 Å². The minimum Gasteiger partial charge on any atom is -0.399 e. The molecule has 1 fully saturated rings. The lowest BCUT2D eigenvalue weighted by atomic mass is 10.1. The Balaban J connectivity index is 1.93. The molecule has 3 rings (SSSR count). The van der Waals surface area contributed by atoms with Gasteiger partial charge in [-0.3, -0.25) is 4.31 Å². The van der Waals surface area contributed by atoms with Crippen LogP contribution in [-0.4, -0.2) is 32.4 Å². The van der Waals surface area contributed by atoms with Crippen molar-refractivity contribution < 1.29 is 8.42 Å². The summed E-state index contributed by atoms with van der Waals surface area (Å²) in [5.74, 6) is 0. The van der Waals surface area contributed by atoms with Crippen molar-refractivity contribution in [2.75, 3.05) is 29.7 Å². The van der Waals surface area contributed by atoms with E-state index in [0.717, 1.165) is 36.9 Å². The average Bonchev–Trinajstić information content (AvgIpc) is 2.83. The lowest BCUT2D eigenvalue weighted by Crippen LogP contribution is -2.45. The van der Waals surface area contributed by atoms with Crippen LogP contribution in [0.5, 0.6) is 0 Å². The number of hydrogen-bond acceptors (Lipinski definition) is 3. The molecule has 0 radical (unpaired) electrons. The van der Waals surface area contributed by atoms with Crippen molar-refractivity contribution in [3.8, 4) is 0 Å². The Kier molecular flexibility index (Phi) is 3.14. The van der Waals surface area contributed by atoms with E-state index in [1.807, 2.05) is 12.1 Å². The molecule has 104 valence electrons. The second-order valence-corrected chi connectivity index (χ2v) is 7.03. The summed E-state index contributed by atoms with van der Waals surface area (Å²) >= 11 is 0. The molecule has 1 saturated heterocycles. The highest BCUT2D eigenvalue weighted by atomic mass is 32.2. The molecule has 2 aliphatic heterocycles. The summed E-state index contributed by atoms with van der Waals surface area (Å²) in [6.45, 7) is 1.80. The smallest absolute Gasteiger partial charge is 0.304 e. The molecule has 0 aromatic heterocycles. The highest BCUT2D eigenvalue weighted by Crippen LogP contribution is 2.33. The number of hydrogen-bond donors (Lipinski definition) is 1. The van der Waals surface area contributed by atoms with Gasteiger partial charge in [0, 0.05) is 25.3 Å². The monoisotopic (exact) mass is 281 g/mol. The Morgan fingerprint density at radius 3 is 2.53 bits per heavy atom. The third-order valence-corrected chi connectivity index (χ3v) is 5.84. The first kappa shape index (κ1) is 12.7. The fourth-order valence-corrected chi connectivity index (χ4v) is 4.58. The molecule has 19 heavy (non-hydrogen) atoms. The molecule has 1 aromatic rings. The molecule has 2 N–H and O–H groups in total. The third kappa shape index (κ3) is 2.19. The van der Waals surface area contributed by atoms with Crippen LogP contribution in [-0.2, 0) is 16.6 Å². The van der Waals surface area contributed by atoms with Gasteiger partial charge in [0.25, 0.3) is 0 Å². The lowest BCUT2D eigenvalue weighted by Gasteiger charge is -2.31. The Hall–Kier alpha value is -1.27. The highest BCUT2D eigenvalue weighted by Gasteiger charge is 2.34. The van der Waals surface area contributed by atoms with E-state index >= 15 is 0 Å². The van der Waals surface area contributed by atoms with Crippen molar-refractivity contribution in [2.45, 2.75) is 25.7 Å². The van der Waals surface area contributed by atoms with E-state index in [2.05, 4.69) is 0 Å². The predicted molar refractivity (Wildman–Crippen MR) is 76.2 cm³/mol. The van der Waals surface area contributed by atoms with Gasteiger partial charge >= 0.3 is 10.2 Å². The SMILES string of the molecule is Nc1ccc2c(c1)N(S(=O)(=O)N1CCCCC1)CC2. The van der Waals surface area contributed by atoms with Crippen LogP contribution >= 0.6 is 0 Å². The molecule has 2 heterocycles. The molecule has 0 bridgehead atoms. The number of nitrogens with two attached hydrogens (primary N) is 1. The van der Waals surface area contributed by atoms with Gasteiger partial charge in [-0.25, -0.2) is 0 Å². The maximum atomic E-state index is 12.7. The fourth-order valence-electron chi connectivity index (χ4n) is 2.84. The van der Waals surface area contributed by atoms with Gasteiger partial charge in [-0.1, -0.05) is 12.5 Å². The van der Waals surface area contributed by atoms with Crippen LogP contribution in [0.3, 0.4) is 0 Å². The van der Waals surface area contributed by atoms with E-state index in [4.69, 9.17) is 5.73 Å².